The summed E-state index contributed by atoms with van der Waals surface area (Å²) in [5.74, 6) is -0.368. The Hall–Kier alpha value is -3.03. The van der Waals surface area contributed by atoms with Gasteiger partial charge in [-0.2, -0.15) is 0 Å². The van der Waals surface area contributed by atoms with Gasteiger partial charge >= 0.3 is 0 Å². The molecule has 0 fully saturated rings. The first-order chi connectivity index (χ1) is 14.6. The second-order valence-electron chi connectivity index (χ2n) is 7.03. The molecular formula is C22H16ClN3O3S. The fourth-order valence-corrected chi connectivity index (χ4v) is 4.93. The maximum absolute atomic E-state index is 13.4. The van der Waals surface area contributed by atoms with Crippen LogP contribution in [0, 0.1) is 0 Å². The zero-order valence-corrected chi connectivity index (χ0v) is 17.5. The summed E-state index contributed by atoms with van der Waals surface area (Å²) < 4.78 is 5.92. The molecule has 2 aromatic carbocycles. The van der Waals surface area contributed by atoms with Gasteiger partial charge in [0.15, 0.2) is 5.43 Å². The van der Waals surface area contributed by atoms with E-state index in [4.69, 9.17) is 16.0 Å². The predicted molar refractivity (Wildman–Crippen MR) is 116 cm³/mol. The highest BCUT2D eigenvalue weighted by atomic mass is 35.5. The summed E-state index contributed by atoms with van der Waals surface area (Å²) in [6.07, 6.45) is 1.70. The molecule has 150 valence electrons. The molecule has 1 amide bonds. The topological polar surface area (TPSA) is 76.3 Å². The van der Waals surface area contributed by atoms with E-state index in [9.17, 15) is 9.59 Å². The molecule has 0 saturated carbocycles. The van der Waals surface area contributed by atoms with Crippen LogP contribution in [0.15, 0.2) is 57.7 Å². The van der Waals surface area contributed by atoms with Crippen LogP contribution in [0.3, 0.4) is 0 Å². The predicted octanol–water partition coefficient (Wildman–Crippen LogP) is 5.00. The van der Waals surface area contributed by atoms with Gasteiger partial charge in [-0.25, -0.2) is 0 Å². The van der Waals surface area contributed by atoms with Crippen molar-refractivity contribution >= 4 is 44.9 Å². The Kier molecular flexibility index (Phi) is 4.64. The standard InChI is InChI=1S/C22H16ClN3O3S/c1-2-6-16-24-25-22(30-16)26-18(12-7-5-8-13(23)11-12)17-19(27)14-9-3-4-10-15(14)29-20(17)21(26)28/h3-5,7-11,18H,2,6H2,1H3. The van der Waals surface area contributed by atoms with Gasteiger partial charge in [-0.1, -0.05) is 54.1 Å². The SMILES string of the molecule is CCCc1nnc(N2C(=O)c3oc4ccccc4c(=O)c3C2c2cccc(Cl)c2)s1. The Labute approximate surface area is 180 Å². The first kappa shape index (κ1) is 19.0. The fraction of sp³-hybridized carbons (Fsp3) is 0.182. The number of halogens is 1. The van der Waals surface area contributed by atoms with Crippen LogP contribution in [-0.4, -0.2) is 16.1 Å². The van der Waals surface area contributed by atoms with Gasteiger partial charge in [0.2, 0.25) is 10.9 Å². The van der Waals surface area contributed by atoms with E-state index in [-0.39, 0.29) is 11.2 Å². The average molecular weight is 438 g/mol. The van der Waals surface area contributed by atoms with Crippen molar-refractivity contribution < 1.29 is 9.21 Å². The maximum Gasteiger partial charge on any atom is 0.297 e. The van der Waals surface area contributed by atoms with E-state index in [2.05, 4.69) is 17.1 Å². The molecule has 6 nitrogen and oxygen atoms in total. The zero-order valence-electron chi connectivity index (χ0n) is 16.0. The van der Waals surface area contributed by atoms with Crippen molar-refractivity contribution in [2.45, 2.75) is 25.8 Å². The number of para-hydroxylation sites is 1. The van der Waals surface area contributed by atoms with E-state index in [1.807, 2.05) is 6.07 Å². The van der Waals surface area contributed by atoms with Gasteiger partial charge in [0.05, 0.1) is 17.0 Å². The van der Waals surface area contributed by atoms with Gasteiger partial charge in [-0.15, -0.1) is 10.2 Å². The van der Waals surface area contributed by atoms with Crippen LogP contribution < -0.4 is 10.3 Å². The lowest BCUT2D eigenvalue weighted by Gasteiger charge is -2.22. The molecule has 1 unspecified atom stereocenters. The number of aryl methyl sites for hydroxylation is 1. The summed E-state index contributed by atoms with van der Waals surface area (Å²) in [5, 5.41) is 10.7. The number of amides is 1. The van der Waals surface area contributed by atoms with Gasteiger partial charge in [0.1, 0.15) is 10.6 Å². The highest BCUT2D eigenvalue weighted by Crippen LogP contribution is 2.42. The van der Waals surface area contributed by atoms with Crippen LogP contribution >= 0.6 is 22.9 Å². The minimum atomic E-state index is -0.686. The van der Waals surface area contributed by atoms with Crippen molar-refractivity contribution in [2.75, 3.05) is 4.90 Å². The Morgan fingerprint density at radius 3 is 2.77 bits per heavy atom. The van der Waals surface area contributed by atoms with E-state index in [0.717, 1.165) is 17.8 Å². The molecule has 0 bridgehead atoms. The molecule has 0 aliphatic carbocycles. The summed E-state index contributed by atoms with van der Waals surface area (Å²) in [7, 11) is 0. The average Bonchev–Trinajstić information content (AvgIpc) is 3.31. The molecule has 8 heteroatoms. The normalized spacial score (nSPS) is 15.7. The van der Waals surface area contributed by atoms with Crippen molar-refractivity contribution in [3.63, 3.8) is 0 Å². The lowest BCUT2D eigenvalue weighted by Crippen LogP contribution is -2.29. The number of carbonyl (C=O) groups excluding carboxylic acids is 1. The molecule has 1 atom stereocenters. The van der Waals surface area contributed by atoms with Crippen LogP contribution in [0.2, 0.25) is 5.02 Å². The Morgan fingerprint density at radius 2 is 1.97 bits per heavy atom. The monoisotopic (exact) mass is 437 g/mol. The van der Waals surface area contributed by atoms with Crippen LogP contribution in [0.1, 0.15) is 46.1 Å². The third kappa shape index (κ3) is 2.93. The first-order valence-electron chi connectivity index (χ1n) is 9.55. The van der Waals surface area contributed by atoms with E-state index < -0.39 is 11.9 Å². The summed E-state index contributed by atoms with van der Waals surface area (Å²) in [6.45, 7) is 2.06. The third-order valence-corrected chi connectivity index (χ3v) is 6.29. The second-order valence-corrected chi connectivity index (χ2v) is 8.51. The van der Waals surface area contributed by atoms with Crippen molar-refractivity contribution in [3.05, 3.63) is 85.7 Å². The van der Waals surface area contributed by atoms with Crippen LogP contribution in [0.5, 0.6) is 0 Å². The van der Waals surface area contributed by atoms with Crippen molar-refractivity contribution in [1.82, 2.24) is 10.2 Å². The van der Waals surface area contributed by atoms with Crippen LogP contribution in [-0.2, 0) is 6.42 Å². The highest BCUT2D eigenvalue weighted by molar-refractivity contribution is 7.15. The molecule has 0 N–H and O–H groups in total. The smallest absolute Gasteiger partial charge is 0.297 e. The van der Waals surface area contributed by atoms with Gasteiger partial charge in [-0.3, -0.25) is 14.5 Å². The number of anilines is 1. The molecule has 30 heavy (non-hydrogen) atoms. The molecule has 1 aliphatic rings. The third-order valence-electron chi connectivity index (χ3n) is 5.07. The fourth-order valence-electron chi connectivity index (χ4n) is 3.77. The molecule has 4 aromatic rings. The number of rotatable bonds is 4. The van der Waals surface area contributed by atoms with E-state index in [1.165, 1.54) is 16.2 Å². The van der Waals surface area contributed by atoms with E-state index >= 15 is 0 Å². The lowest BCUT2D eigenvalue weighted by molar-refractivity contribution is 0.0970. The van der Waals surface area contributed by atoms with Gasteiger partial charge in [0, 0.05) is 11.4 Å². The van der Waals surface area contributed by atoms with Crippen molar-refractivity contribution in [2.24, 2.45) is 0 Å². The van der Waals surface area contributed by atoms with Crippen LogP contribution in [0.25, 0.3) is 11.0 Å². The number of aromatic nitrogens is 2. The molecule has 3 heterocycles. The van der Waals surface area contributed by atoms with Crippen molar-refractivity contribution in [1.29, 1.82) is 0 Å². The zero-order chi connectivity index (χ0) is 20.8. The van der Waals surface area contributed by atoms with E-state index in [0.29, 0.717) is 32.3 Å². The van der Waals surface area contributed by atoms with Crippen molar-refractivity contribution in [3.8, 4) is 0 Å². The Morgan fingerprint density at radius 1 is 1.13 bits per heavy atom. The minimum Gasteiger partial charge on any atom is -0.450 e. The summed E-state index contributed by atoms with van der Waals surface area (Å²) in [5.41, 5.74) is 1.16. The number of hydrogen-bond acceptors (Lipinski definition) is 6. The number of fused-ring (bicyclic) bond motifs is 2. The van der Waals surface area contributed by atoms with Gasteiger partial charge in [-0.05, 0) is 36.2 Å². The Balaban J connectivity index is 1.77. The summed E-state index contributed by atoms with van der Waals surface area (Å²) in [4.78, 5) is 28.3. The molecule has 1 aliphatic heterocycles. The summed E-state index contributed by atoms with van der Waals surface area (Å²) in [6, 6.07) is 13.4. The number of benzene rings is 2. The number of nitrogens with zero attached hydrogens (tertiary/aromatic N) is 3. The number of hydrogen-bond donors (Lipinski definition) is 0. The Bertz CT molecular complexity index is 1350. The quantitative estimate of drug-likeness (QED) is 0.449. The van der Waals surface area contributed by atoms with Crippen LogP contribution in [0.4, 0.5) is 5.13 Å². The highest BCUT2D eigenvalue weighted by Gasteiger charge is 2.45. The number of carbonyl (C=O) groups is 1. The van der Waals surface area contributed by atoms with E-state index in [1.54, 1.807) is 42.5 Å². The maximum atomic E-state index is 13.4. The molecule has 0 spiro atoms. The largest absolute Gasteiger partial charge is 0.450 e. The van der Waals surface area contributed by atoms with Gasteiger partial charge < -0.3 is 4.42 Å². The molecule has 0 radical (unpaired) electrons. The molecular weight excluding hydrogens is 422 g/mol. The first-order valence-corrected chi connectivity index (χ1v) is 10.7. The van der Waals surface area contributed by atoms with Gasteiger partial charge in [0.25, 0.3) is 5.91 Å². The molecule has 0 saturated heterocycles. The minimum absolute atomic E-state index is 0.0379. The summed E-state index contributed by atoms with van der Waals surface area (Å²) >= 11 is 7.58. The lowest BCUT2D eigenvalue weighted by atomic mass is 9.99. The molecule has 2 aromatic heterocycles. The molecule has 5 rings (SSSR count). The second kappa shape index (κ2) is 7.34.